The van der Waals surface area contributed by atoms with Crippen LogP contribution in [0.3, 0.4) is 0 Å². The average Bonchev–Trinajstić information content (AvgIpc) is 3.65. The van der Waals surface area contributed by atoms with Crippen LogP contribution in [0.4, 0.5) is 0 Å². The molecule has 1 saturated heterocycles. The van der Waals surface area contributed by atoms with Gasteiger partial charge in [0.1, 0.15) is 23.1 Å². The van der Waals surface area contributed by atoms with Gasteiger partial charge in [-0.2, -0.15) is 0 Å². The molecule has 9 nitrogen and oxygen atoms in total. The molecule has 9 heteroatoms. The Morgan fingerprint density at radius 3 is 1.81 bits per heavy atom. The van der Waals surface area contributed by atoms with Crippen molar-refractivity contribution in [3.8, 4) is 34.0 Å². The second-order valence-corrected chi connectivity index (χ2v) is 8.67. The summed E-state index contributed by atoms with van der Waals surface area (Å²) in [6.07, 6.45) is 4.39. The summed E-state index contributed by atoms with van der Waals surface area (Å²) >= 11 is 0. The van der Waals surface area contributed by atoms with Gasteiger partial charge in [-0.3, -0.25) is 4.79 Å². The van der Waals surface area contributed by atoms with E-state index in [0.717, 1.165) is 51.8 Å². The average molecular weight is 505 g/mol. The zero-order valence-electron chi connectivity index (χ0n) is 22.0. The first kappa shape index (κ1) is 26.1. The van der Waals surface area contributed by atoms with Gasteiger partial charge < -0.3 is 28.1 Å². The maximum absolute atomic E-state index is 10.9. The molecule has 2 aromatic carbocycles. The highest BCUT2D eigenvalue weighted by molar-refractivity contribution is 5.82. The van der Waals surface area contributed by atoms with Crippen LogP contribution in [0.25, 0.3) is 22.5 Å². The van der Waals surface area contributed by atoms with E-state index in [2.05, 4.69) is 9.97 Å². The lowest BCUT2D eigenvalue weighted by Gasteiger charge is -2.14. The normalized spacial score (nSPS) is 13.2. The molecule has 0 bridgehead atoms. The van der Waals surface area contributed by atoms with Gasteiger partial charge in [-0.15, -0.1) is 0 Å². The molecule has 2 aromatic heterocycles. The number of imidazole rings is 2. The summed E-state index contributed by atoms with van der Waals surface area (Å²) in [4.78, 5) is 19.9. The van der Waals surface area contributed by atoms with Gasteiger partial charge in [0.25, 0.3) is 0 Å². The van der Waals surface area contributed by atoms with Gasteiger partial charge in [0, 0.05) is 37.6 Å². The highest BCUT2D eigenvalue weighted by atomic mass is 16.7. The lowest BCUT2D eigenvalue weighted by molar-refractivity contribution is -0.0454. The van der Waals surface area contributed by atoms with Gasteiger partial charge in [-0.05, 0) is 50.2 Å². The first-order valence-corrected chi connectivity index (χ1v) is 11.9. The van der Waals surface area contributed by atoms with Crippen molar-refractivity contribution in [1.82, 2.24) is 19.1 Å². The number of methoxy groups -OCH3 is 2. The third-order valence-electron chi connectivity index (χ3n) is 6.27. The van der Waals surface area contributed by atoms with E-state index in [1.165, 1.54) is 0 Å². The van der Waals surface area contributed by atoms with Gasteiger partial charge in [-0.25, -0.2) is 9.97 Å². The topological polar surface area (TPSA) is 89.6 Å². The molecule has 0 aliphatic carbocycles. The molecule has 1 aliphatic heterocycles. The Labute approximate surface area is 216 Å². The molecule has 0 spiro atoms. The van der Waals surface area contributed by atoms with Gasteiger partial charge in [0.2, 0.25) is 0 Å². The molecule has 37 heavy (non-hydrogen) atoms. The van der Waals surface area contributed by atoms with Crippen molar-refractivity contribution in [2.24, 2.45) is 14.1 Å². The Morgan fingerprint density at radius 1 is 0.838 bits per heavy atom. The van der Waals surface area contributed by atoms with Crippen LogP contribution < -0.4 is 9.47 Å². The van der Waals surface area contributed by atoms with Crippen LogP contribution in [0.15, 0.2) is 48.8 Å². The zero-order chi connectivity index (χ0) is 26.5. The summed E-state index contributed by atoms with van der Waals surface area (Å²) in [7, 11) is 7.13. The molecule has 1 fully saturated rings. The van der Waals surface area contributed by atoms with E-state index >= 15 is 0 Å². The predicted octanol–water partition coefficient (Wildman–Crippen LogP) is 4.67. The number of rotatable bonds is 6. The summed E-state index contributed by atoms with van der Waals surface area (Å²) in [6, 6.07) is 11.4. The molecule has 5 rings (SSSR count). The summed E-state index contributed by atoms with van der Waals surface area (Å²) in [5, 5.41) is 0. The Morgan fingerprint density at radius 2 is 1.35 bits per heavy atom. The number of aromatic nitrogens is 4. The van der Waals surface area contributed by atoms with Gasteiger partial charge in [0.15, 0.2) is 12.6 Å². The Bertz CT molecular complexity index is 1350. The molecule has 0 amide bonds. The maximum atomic E-state index is 10.9. The Kier molecular flexibility index (Phi) is 8.05. The van der Waals surface area contributed by atoms with Crippen molar-refractivity contribution in [1.29, 1.82) is 0 Å². The highest BCUT2D eigenvalue weighted by Gasteiger charge is 2.23. The van der Waals surface area contributed by atoms with Crippen LogP contribution in [0.2, 0.25) is 0 Å². The fourth-order valence-corrected chi connectivity index (χ4v) is 4.00. The minimum atomic E-state index is -0.352. The van der Waals surface area contributed by atoms with Gasteiger partial charge in [0.05, 0.1) is 49.9 Å². The van der Waals surface area contributed by atoms with E-state index in [0.29, 0.717) is 24.5 Å². The largest absolute Gasteiger partial charge is 0.496 e. The second-order valence-electron chi connectivity index (χ2n) is 8.67. The number of nitrogens with zero attached hydrogens (tertiary/aromatic N) is 4. The number of aldehydes is 1. The number of hydrogen-bond donors (Lipinski definition) is 0. The lowest BCUT2D eigenvalue weighted by atomic mass is 10.1. The molecular weight excluding hydrogens is 472 g/mol. The molecule has 4 aromatic rings. The lowest BCUT2D eigenvalue weighted by Crippen LogP contribution is -2.01. The SMILES string of the molecule is COc1ccc(-c2cn(C)c(C)n2)cc1C1OCCO1.COc1ccc(-c2cn(C)c(C)n2)cc1C=O. The maximum Gasteiger partial charge on any atom is 0.187 e. The number of ether oxygens (including phenoxy) is 4. The summed E-state index contributed by atoms with van der Waals surface area (Å²) in [5.41, 5.74) is 5.18. The summed E-state index contributed by atoms with van der Waals surface area (Å²) in [6.45, 7) is 5.15. The van der Waals surface area contributed by atoms with Crippen molar-refractivity contribution >= 4 is 6.29 Å². The van der Waals surface area contributed by atoms with Crippen LogP contribution in [-0.2, 0) is 23.6 Å². The highest BCUT2D eigenvalue weighted by Crippen LogP contribution is 2.34. The van der Waals surface area contributed by atoms with Crippen LogP contribution in [0.1, 0.15) is 33.9 Å². The number of benzene rings is 2. The van der Waals surface area contributed by atoms with Crippen molar-refractivity contribution in [3.63, 3.8) is 0 Å². The van der Waals surface area contributed by atoms with Crippen molar-refractivity contribution in [2.75, 3.05) is 27.4 Å². The van der Waals surface area contributed by atoms with E-state index in [1.807, 2.05) is 73.7 Å². The molecule has 1 aliphatic rings. The van der Waals surface area contributed by atoms with Crippen molar-refractivity contribution in [2.45, 2.75) is 20.1 Å². The fraction of sp³-hybridized carbons (Fsp3) is 0.321. The zero-order valence-corrected chi connectivity index (χ0v) is 22.0. The molecule has 0 radical (unpaired) electrons. The number of hydrogen-bond acceptors (Lipinski definition) is 7. The van der Waals surface area contributed by atoms with Crippen LogP contribution in [-0.4, -0.2) is 52.8 Å². The molecule has 0 saturated carbocycles. The number of carbonyl (C=O) groups is 1. The predicted molar refractivity (Wildman–Crippen MR) is 140 cm³/mol. The quantitative estimate of drug-likeness (QED) is 0.353. The third-order valence-corrected chi connectivity index (χ3v) is 6.27. The molecule has 194 valence electrons. The van der Waals surface area contributed by atoms with Crippen LogP contribution in [0, 0.1) is 13.8 Å². The molecule has 0 unspecified atom stereocenters. The van der Waals surface area contributed by atoms with E-state index in [-0.39, 0.29) is 6.29 Å². The van der Waals surface area contributed by atoms with Gasteiger partial charge >= 0.3 is 0 Å². The summed E-state index contributed by atoms with van der Waals surface area (Å²) in [5.74, 6) is 3.26. The standard InChI is InChI=1S/C15H18N2O3.C13H14N2O2/c1-10-16-13(9-17(10)2)11-4-5-14(18-3)12(8-11)15-19-6-7-20-15;1-9-14-12(7-15(9)2)10-4-5-13(17-3)11(6-10)8-16/h4-5,8-9,15H,6-7H2,1-3H3;4-8H,1-3H3. The third kappa shape index (κ3) is 5.73. The van der Waals surface area contributed by atoms with Crippen LogP contribution in [0.5, 0.6) is 11.5 Å². The number of aryl methyl sites for hydroxylation is 4. The Balaban J connectivity index is 0.000000176. The first-order valence-electron chi connectivity index (χ1n) is 11.9. The van der Waals surface area contributed by atoms with Gasteiger partial charge in [-0.1, -0.05) is 0 Å². The van der Waals surface area contributed by atoms with Crippen LogP contribution >= 0.6 is 0 Å². The minimum Gasteiger partial charge on any atom is -0.496 e. The molecule has 0 N–H and O–H groups in total. The van der Waals surface area contributed by atoms with E-state index in [4.69, 9.17) is 18.9 Å². The molecule has 0 atom stereocenters. The monoisotopic (exact) mass is 504 g/mol. The fourth-order valence-electron chi connectivity index (χ4n) is 4.00. The smallest absolute Gasteiger partial charge is 0.187 e. The van der Waals surface area contributed by atoms with E-state index < -0.39 is 0 Å². The second kappa shape index (κ2) is 11.4. The number of carbonyl (C=O) groups excluding carboxylic acids is 1. The first-order chi connectivity index (χ1) is 17.8. The molecular formula is C28H32N4O5. The van der Waals surface area contributed by atoms with E-state index in [1.54, 1.807) is 26.4 Å². The van der Waals surface area contributed by atoms with E-state index in [9.17, 15) is 4.79 Å². The minimum absolute atomic E-state index is 0.352. The Hall–Kier alpha value is -3.95. The summed E-state index contributed by atoms with van der Waals surface area (Å²) < 4.78 is 25.6. The molecule has 3 heterocycles. The van der Waals surface area contributed by atoms with Crippen molar-refractivity contribution < 1.29 is 23.7 Å². The van der Waals surface area contributed by atoms with Crippen molar-refractivity contribution in [3.05, 3.63) is 71.6 Å².